The quantitative estimate of drug-likeness (QED) is 0.625. The van der Waals surface area contributed by atoms with Crippen molar-refractivity contribution < 1.29 is 13.9 Å². The number of piperidine rings is 1. The molecule has 2 heterocycles. The van der Waals surface area contributed by atoms with Gasteiger partial charge in [0.1, 0.15) is 23.7 Å². The summed E-state index contributed by atoms with van der Waals surface area (Å²) in [7, 11) is 0. The average molecular weight is 431 g/mol. The maximum absolute atomic E-state index is 13.7. The molecule has 1 aromatic heterocycles. The molecule has 0 radical (unpaired) electrons. The van der Waals surface area contributed by atoms with Gasteiger partial charge in [0.05, 0.1) is 0 Å². The number of halogens is 2. The molecular weight excluding hydrogens is 407 g/mol. The molecule has 6 nitrogen and oxygen atoms in total. The van der Waals surface area contributed by atoms with Crippen LogP contribution in [0.15, 0.2) is 67.0 Å². The number of carbonyl (C=O) groups is 1. The molecule has 1 aliphatic heterocycles. The Bertz CT molecular complexity index is 958. The number of nitrogens with zero attached hydrogens (tertiary/aromatic N) is 2. The molecule has 0 bridgehead atoms. The molecule has 0 aliphatic carbocycles. The van der Waals surface area contributed by atoms with Gasteiger partial charge in [-0.2, -0.15) is 5.10 Å². The van der Waals surface area contributed by atoms with E-state index in [0.717, 1.165) is 13.1 Å². The monoisotopic (exact) mass is 430 g/mol. The van der Waals surface area contributed by atoms with Crippen LogP contribution in [0.5, 0.6) is 5.75 Å². The Kier molecular flexibility index (Phi) is 7.07. The van der Waals surface area contributed by atoms with Crippen LogP contribution >= 0.6 is 12.4 Å². The van der Waals surface area contributed by atoms with Crippen LogP contribution in [0.2, 0.25) is 0 Å². The largest absolute Gasteiger partial charge is 0.489 e. The second-order valence-electron chi connectivity index (χ2n) is 7.09. The molecule has 8 heteroatoms. The standard InChI is InChI=1S/C22H23FN4O2.ClH/c23-20-5-2-1-4-17(20)16-29-19-8-6-18(7-9-19)26-21(28)22(10-13-24-14-11-22)27-15-3-12-25-27;/h1-9,12,15,24H,10-11,13-14,16H2,(H,26,28);1H. The summed E-state index contributed by atoms with van der Waals surface area (Å²) in [6, 6.07) is 15.5. The molecule has 0 spiro atoms. The van der Waals surface area contributed by atoms with Crippen molar-refractivity contribution in [2.24, 2.45) is 0 Å². The second kappa shape index (κ2) is 9.73. The van der Waals surface area contributed by atoms with E-state index >= 15 is 0 Å². The molecule has 158 valence electrons. The third-order valence-electron chi connectivity index (χ3n) is 5.26. The predicted octanol–water partition coefficient (Wildman–Crippen LogP) is 3.74. The van der Waals surface area contributed by atoms with E-state index in [2.05, 4.69) is 15.7 Å². The van der Waals surface area contributed by atoms with E-state index in [-0.39, 0.29) is 30.7 Å². The molecule has 1 saturated heterocycles. The fourth-order valence-electron chi connectivity index (χ4n) is 3.58. The normalized spacial score (nSPS) is 15.1. The first kappa shape index (κ1) is 21.8. The van der Waals surface area contributed by atoms with Crippen LogP contribution in [0.1, 0.15) is 18.4 Å². The lowest BCUT2D eigenvalue weighted by atomic mass is 9.87. The van der Waals surface area contributed by atoms with Gasteiger partial charge in [-0.3, -0.25) is 9.48 Å². The van der Waals surface area contributed by atoms with E-state index in [1.807, 2.05) is 12.3 Å². The molecule has 1 aliphatic rings. The molecule has 30 heavy (non-hydrogen) atoms. The number of benzene rings is 2. The molecule has 0 saturated carbocycles. The maximum Gasteiger partial charge on any atom is 0.252 e. The lowest BCUT2D eigenvalue weighted by Crippen LogP contribution is -2.52. The van der Waals surface area contributed by atoms with Crippen molar-refractivity contribution in [3.63, 3.8) is 0 Å². The lowest BCUT2D eigenvalue weighted by Gasteiger charge is -2.36. The summed E-state index contributed by atoms with van der Waals surface area (Å²) in [5.41, 5.74) is 0.477. The number of amides is 1. The summed E-state index contributed by atoms with van der Waals surface area (Å²) in [5, 5.41) is 10.6. The molecule has 4 rings (SSSR count). The summed E-state index contributed by atoms with van der Waals surface area (Å²) < 4.78 is 21.1. The summed E-state index contributed by atoms with van der Waals surface area (Å²) >= 11 is 0. The molecular formula is C22H24ClFN4O2. The highest BCUT2D eigenvalue weighted by Gasteiger charge is 2.42. The summed E-state index contributed by atoms with van der Waals surface area (Å²) in [4.78, 5) is 13.1. The molecule has 1 amide bonds. The minimum Gasteiger partial charge on any atom is -0.489 e. The van der Waals surface area contributed by atoms with Crippen LogP contribution in [0.4, 0.5) is 10.1 Å². The van der Waals surface area contributed by atoms with Crippen molar-refractivity contribution in [2.75, 3.05) is 18.4 Å². The fourth-order valence-corrected chi connectivity index (χ4v) is 3.58. The number of hydrogen-bond acceptors (Lipinski definition) is 4. The van der Waals surface area contributed by atoms with Crippen LogP contribution < -0.4 is 15.4 Å². The zero-order chi connectivity index (χ0) is 20.1. The van der Waals surface area contributed by atoms with Crippen molar-refractivity contribution in [1.82, 2.24) is 15.1 Å². The number of rotatable bonds is 6. The highest BCUT2D eigenvalue weighted by Crippen LogP contribution is 2.29. The fraction of sp³-hybridized carbons (Fsp3) is 0.273. The van der Waals surface area contributed by atoms with Crippen molar-refractivity contribution in [2.45, 2.75) is 25.0 Å². The zero-order valence-corrected chi connectivity index (χ0v) is 17.2. The number of carbonyl (C=O) groups excluding carboxylic acids is 1. The van der Waals surface area contributed by atoms with Crippen LogP contribution in [-0.4, -0.2) is 28.8 Å². The van der Waals surface area contributed by atoms with Crippen LogP contribution in [0, 0.1) is 5.82 Å². The van der Waals surface area contributed by atoms with E-state index < -0.39 is 5.54 Å². The summed E-state index contributed by atoms with van der Waals surface area (Å²) in [5.74, 6) is 0.236. The molecule has 2 N–H and O–H groups in total. The molecule has 0 atom stereocenters. The Labute approximate surface area is 180 Å². The van der Waals surface area contributed by atoms with Crippen LogP contribution in [0.25, 0.3) is 0 Å². The van der Waals surface area contributed by atoms with Crippen molar-refractivity contribution >= 4 is 24.0 Å². The van der Waals surface area contributed by atoms with Crippen molar-refractivity contribution in [1.29, 1.82) is 0 Å². The molecule has 3 aromatic rings. The van der Waals surface area contributed by atoms with Crippen LogP contribution in [-0.2, 0) is 16.9 Å². The Morgan fingerprint density at radius 2 is 1.87 bits per heavy atom. The lowest BCUT2D eigenvalue weighted by molar-refractivity contribution is -0.126. The Balaban J connectivity index is 0.00000256. The van der Waals surface area contributed by atoms with Crippen molar-refractivity contribution in [3.8, 4) is 5.75 Å². The van der Waals surface area contributed by atoms with E-state index in [9.17, 15) is 9.18 Å². The number of ether oxygens (including phenoxy) is 1. The van der Waals surface area contributed by atoms with Gasteiger partial charge >= 0.3 is 0 Å². The highest BCUT2D eigenvalue weighted by atomic mass is 35.5. The second-order valence-corrected chi connectivity index (χ2v) is 7.09. The van der Waals surface area contributed by atoms with Gasteiger partial charge in [-0.05, 0) is 62.3 Å². The molecule has 2 aromatic carbocycles. The predicted molar refractivity (Wildman–Crippen MR) is 115 cm³/mol. The zero-order valence-electron chi connectivity index (χ0n) is 16.4. The average Bonchev–Trinajstić information content (AvgIpc) is 3.30. The minimum atomic E-state index is -0.700. The Hall–Kier alpha value is -2.90. The van der Waals surface area contributed by atoms with E-state index in [0.29, 0.717) is 29.8 Å². The van der Waals surface area contributed by atoms with Gasteiger partial charge in [0, 0.05) is 23.6 Å². The van der Waals surface area contributed by atoms with Gasteiger partial charge in [0.25, 0.3) is 5.91 Å². The van der Waals surface area contributed by atoms with E-state index in [1.54, 1.807) is 53.3 Å². The van der Waals surface area contributed by atoms with Crippen LogP contribution in [0.3, 0.4) is 0 Å². The summed E-state index contributed by atoms with van der Waals surface area (Å²) in [6.45, 7) is 1.67. The molecule has 1 fully saturated rings. The highest BCUT2D eigenvalue weighted by molar-refractivity contribution is 5.96. The third-order valence-corrected chi connectivity index (χ3v) is 5.26. The van der Waals surface area contributed by atoms with Gasteiger partial charge < -0.3 is 15.4 Å². The topological polar surface area (TPSA) is 68.2 Å². The van der Waals surface area contributed by atoms with Crippen molar-refractivity contribution in [3.05, 3.63) is 78.4 Å². The first-order chi connectivity index (χ1) is 14.2. The van der Waals surface area contributed by atoms with E-state index in [1.165, 1.54) is 6.07 Å². The number of hydrogen-bond donors (Lipinski definition) is 2. The number of nitrogens with one attached hydrogen (secondary N) is 2. The third kappa shape index (κ3) is 4.63. The number of aromatic nitrogens is 2. The smallest absolute Gasteiger partial charge is 0.252 e. The first-order valence-corrected chi connectivity index (χ1v) is 9.66. The van der Waals surface area contributed by atoms with Gasteiger partial charge in [0.15, 0.2) is 0 Å². The first-order valence-electron chi connectivity index (χ1n) is 9.66. The number of anilines is 1. The van der Waals surface area contributed by atoms with Gasteiger partial charge in [-0.1, -0.05) is 18.2 Å². The van der Waals surface area contributed by atoms with Gasteiger partial charge in [0.2, 0.25) is 0 Å². The Morgan fingerprint density at radius 1 is 1.13 bits per heavy atom. The Morgan fingerprint density at radius 3 is 2.53 bits per heavy atom. The maximum atomic E-state index is 13.7. The molecule has 0 unspecified atom stereocenters. The van der Waals surface area contributed by atoms with Gasteiger partial charge in [-0.15, -0.1) is 12.4 Å². The summed E-state index contributed by atoms with van der Waals surface area (Å²) in [6.07, 6.45) is 4.87. The SMILES string of the molecule is Cl.O=C(Nc1ccc(OCc2ccccc2F)cc1)C1(n2cccn2)CCNCC1. The van der Waals surface area contributed by atoms with Gasteiger partial charge in [-0.25, -0.2) is 4.39 Å². The van der Waals surface area contributed by atoms with E-state index in [4.69, 9.17) is 4.74 Å². The minimum absolute atomic E-state index is 0.